The number of benzene rings is 1. The number of nitrogens with two attached hydrogens (primary N) is 2. The summed E-state index contributed by atoms with van der Waals surface area (Å²) in [4.78, 5) is 0.871. The number of thiol groups is 1. The second-order valence-corrected chi connectivity index (χ2v) is 4.76. The Kier molecular flexibility index (Phi) is 2.45. The van der Waals surface area contributed by atoms with Gasteiger partial charge in [0, 0.05) is 10.6 Å². The van der Waals surface area contributed by atoms with Crippen LogP contribution in [0.15, 0.2) is 23.1 Å². The highest BCUT2D eigenvalue weighted by atomic mass is 32.1. The van der Waals surface area contributed by atoms with Crippen LogP contribution in [0, 0.1) is 5.41 Å². The molecule has 1 aliphatic rings. The molecule has 1 aromatic rings. The van der Waals surface area contributed by atoms with Crippen LogP contribution >= 0.6 is 12.6 Å². The van der Waals surface area contributed by atoms with Crippen LogP contribution in [-0.2, 0) is 6.42 Å². The zero-order valence-electron chi connectivity index (χ0n) is 8.16. The molecule has 1 aliphatic carbocycles. The molecule has 1 saturated carbocycles. The lowest BCUT2D eigenvalue weighted by molar-refractivity contribution is 0.521. The van der Waals surface area contributed by atoms with Crippen molar-refractivity contribution in [3.05, 3.63) is 23.8 Å². The van der Waals surface area contributed by atoms with Crippen molar-refractivity contribution in [1.82, 2.24) is 0 Å². The van der Waals surface area contributed by atoms with E-state index in [2.05, 4.69) is 18.7 Å². The van der Waals surface area contributed by atoms with Gasteiger partial charge < -0.3 is 11.5 Å². The van der Waals surface area contributed by atoms with Crippen molar-refractivity contribution in [1.29, 1.82) is 0 Å². The third-order valence-corrected chi connectivity index (χ3v) is 3.45. The maximum Gasteiger partial charge on any atom is 0.0449 e. The lowest BCUT2D eigenvalue weighted by Crippen LogP contribution is -2.17. The molecule has 0 amide bonds. The van der Waals surface area contributed by atoms with E-state index in [1.54, 1.807) is 0 Å². The maximum absolute atomic E-state index is 5.74. The monoisotopic (exact) mass is 208 g/mol. The van der Waals surface area contributed by atoms with E-state index in [4.69, 9.17) is 11.5 Å². The molecule has 0 bridgehead atoms. The normalized spacial score (nSPS) is 18.1. The Balaban J connectivity index is 2.14. The molecule has 0 atom stereocenters. The highest BCUT2D eigenvalue weighted by molar-refractivity contribution is 7.80. The summed E-state index contributed by atoms with van der Waals surface area (Å²) in [5.74, 6) is 0. The fourth-order valence-electron chi connectivity index (χ4n) is 1.76. The Morgan fingerprint density at radius 3 is 2.57 bits per heavy atom. The van der Waals surface area contributed by atoms with Gasteiger partial charge in [0.1, 0.15) is 0 Å². The molecule has 1 aromatic carbocycles. The van der Waals surface area contributed by atoms with E-state index in [0.717, 1.165) is 23.5 Å². The fraction of sp³-hybridized carbons (Fsp3) is 0.455. The fourth-order valence-corrected chi connectivity index (χ4v) is 2.00. The molecule has 14 heavy (non-hydrogen) atoms. The van der Waals surface area contributed by atoms with E-state index < -0.39 is 0 Å². The third-order valence-electron chi connectivity index (χ3n) is 3.06. The molecular formula is C11H16N2S. The second kappa shape index (κ2) is 3.48. The van der Waals surface area contributed by atoms with Crippen LogP contribution in [0.3, 0.4) is 0 Å². The van der Waals surface area contributed by atoms with E-state index in [0.29, 0.717) is 5.41 Å². The van der Waals surface area contributed by atoms with Crippen LogP contribution < -0.4 is 11.5 Å². The summed E-state index contributed by atoms with van der Waals surface area (Å²) in [5.41, 5.74) is 13.9. The van der Waals surface area contributed by atoms with Gasteiger partial charge in [-0.15, -0.1) is 12.6 Å². The molecule has 4 N–H and O–H groups in total. The first-order chi connectivity index (χ1) is 6.65. The van der Waals surface area contributed by atoms with Crippen LogP contribution in [-0.4, -0.2) is 6.54 Å². The summed E-state index contributed by atoms with van der Waals surface area (Å²) >= 11 is 4.31. The smallest absolute Gasteiger partial charge is 0.0449 e. The maximum atomic E-state index is 5.74. The van der Waals surface area contributed by atoms with E-state index in [1.165, 1.54) is 18.4 Å². The van der Waals surface area contributed by atoms with Gasteiger partial charge >= 0.3 is 0 Å². The third kappa shape index (κ3) is 1.88. The zero-order valence-corrected chi connectivity index (χ0v) is 9.06. The number of hydrogen-bond donors (Lipinski definition) is 3. The van der Waals surface area contributed by atoms with Crippen molar-refractivity contribution in [2.24, 2.45) is 11.1 Å². The summed E-state index contributed by atoms with van der Waals surface area (Å²) in [5, 5.41) is 0. The minimum Gasteiger partial charge on any atom is -0.398 e. The Morgan fingerprint density at radius 1 is 1.36 bits per heavy atom. The molecule has 0 saturated heterocycles. The van der Waals surface area contributed by atoms with Crippen LogP contribution in [0.1, 0.15) is 18.4 Å². The van der Waals surface area contributed by atoms with Crippen molar-refractivity contribution in [3.8, 4) is 0 Å². The minimum atomic E-state index is 0.385. The van der Waals surface area contributed by atoms with Crippen LogP contribution in [0.25, 0.3) is 0 Å². The Bertz CT molecular complexity index is 345. The van der Waals surface area contributed by atoms with Gasteiger partial charge in [-0.25, -0.2) is 0 Å². The van der Waals surface area contributed by atoms with E-state index in [-0.39, 0.29) is 0 Å². The molecule has 2 rings (SSSR count). The summed E-state index contributed by atoms with van der Waals surface area (Å²) in [6, 6.07) is 6.04. The molecule has 0 aliphatic heterocycles. The molecular weight excluding hydrogens is 192 g/mol. The molecule has 2 nitrogen and oxygen atoms in total. The van der Waals surface area contributed by atoms with Crippen LogP contribution in [0.4, 0.5) is 5.69 Å². The number of anilines is 1. The predicted molar refractivity (Wildman–Crippen MR) is 62.5 cm³/mol. The highest BCUT2D eigenvalue weighted by Gasteiger charge is 2.40. The van der Waals surface area contributed by atoms with Crippen molar-refractivity contribution < 1.29 is 0 Å². The van der Waals surface area contributed by atoms with Crippen molar-refractivity contribution in [3.63, 3.8) is 0 Å². The molecule has 3 heteroatoms. The van der Waals surface area contributed by atoms with E-state index in [9.17, 15) is 0 Å². The average molecular weight is 208 g/mol. The molecule has 0 aromatic heterocycles. The number of nitrogen functional groups attached to an aromatic ring is 1. The Labute approximate surface area is 90.1 Å². The first kappa shape index (κ1) is 9.87. The average Bonchev–Trinajstić information content (AvgIpc) is 2.93. The van der Waals surface area contributed by atoms with Gasteiger partial charge in [-0.1, -0.05) is 6.07 Å². The number of hydrogen-bond acceptors (Lipinski definition) is 3. The Hall–Kier alpha value is -0.670. The summed E-state index contributed by atoms with van der Waals surface area (Å²) in [6.45, 7) is 0.791. The molecule has 0 spiro atoms. The molecule has 0 radical (unpaired) electrons. The summed E-state index contributed by atoms with van der Waals surface area (Å²) in [6.07, 6.45) is 3.59. The van der Waals surface area contributed by atoms with Crippen LogP contribution in [0.5, 0.6) is 0 Å². The van der Waals surface area contributed by atoms with Crippen molar-refractivity contribution in [2.75, 3.05) is 12.3 Å². The van der Waals surface area contributed by atoms with Gasteiger partial charge in [-0.05, 0) is 48.9 Å². The van der Waals surface area contributed by atoms with E-state index >= 15 is 0 Å². The SMILES string of the molecule is NCC1(Cc2ccc(N)c(S)c2)CC1. The van der Waals surface area contributed by atoms with Gasteiger partial charge in [-0.3, -0.25) is 0 Å². The standard InChI is InChI=1S/C11H16N2S/c12-7-11(3-4-11)6-8-1-2-9(13)10(14)5-8/h1-2,5,14H,3-4,6-7,12-13H2. The zero-order chi connectivity index (χ0) is 10.2. The molecule has 1 fully saturated rings. The number of rotatable bonds is 3. The van der Waals surface area contributed by atoms with Gasteiger partial charge in [0.2, 0.25) is 0 Å². The van der Waals surface area contributed by atoms with Gasteiger partial charge in [0.15, 0.2) is 0 Å². The predicted octanol–water partition coefficient (Wildman–Crippen LogP) is 1.84. The van der Waals surface area contributed by atoms with Gasteiger partial charge in [0.05, 0.1) is 0 Å². The highest BCUT2D eigenvalue weighted by Crippen LogP contribution is 2.47. The lowest BCUT2D eigenvalue weighted by Gasteiger charge is -2.12. The van der Waals surface area contributed by atoms with Gasteiger partial charge in [0.25, 0.3) is 0 Å². The summed E-state index contributed by atoms with van der Waals surface area (Å²) < 4.78 is 0. The molecule has 0 unspecified atom stereocenters. The van der Waals surface area contributed by atoms with Crippen LogP contribution in [0.2, 0.25) is 0 Å². The lowest BCUT2D eigenvalue weighted by atomic mass is 9.96. The first-order valence-corrected chi connectivity index (χ1v) is 5.37. The molecule has 76 valence electrons. The van der Waals surface area contributed by atoms with E-state index in [1.807, 2.05) is 12.1 Å². The second-order valence-electron chi connectivity index (χ2n) is 4.27. The summed E-state index contributed by atoms with van der Waals surface area (Å²) in [7, 11) is 0. The molecule has 0 heterocycles. The quantitative estimate of drug-likeness (QED) is 0.524. The van der Waals surface area contributed by atoms with Crippen molar-refractivity contribution in [2.45, 2.75) is 24.2 Å². The topological polar surface area (TPSA) is 52.0 Å². The minimum absolute atomic E-state index is 0.385. The van der Waals surface area contributed by atoms with Gasteiger partial charge in [-0.2, -0.15) is 0 Å². The largest absolute Gasteiger partial charge is 0.398 e. The Morgan fingerprint density at radius 2 is 2.07 bits per heavy atom. The first-order valence-electron chi connectivity index (χ1n) is 4.93. The van der Waals surface area contributed by atoms with Crippen molar-refractivity contribution >= 4 is 18.3 Å².